The minimum atomic E-state index is -0.284. The van der Waals surface area contributed by atoms with Crippen molar-refractivity contribution >= 4 is 11.0 Å². The van der Waals surface area contributed by atoms with E-state index in [1.54, 1.807) is 12.1 Å². The van der Waals surface area contributed by atoms with Gasteiger partial charge >= 0.3 is 0 Å². The maximum Gasteiger partial charge on any atom is 0.140 e. The van der Waals surface area contributed by atoms with E-state index in [9.17, 15) is 9.50 Å². The molecule has 1 aromatic heterocycles. The van der Waals surface area contributed by atoms with E-state index in [1.165, 1.54) is 12.1 Å². The van der Waals surface area contributed by atoms with Gasteiger partial charge in [0.15, 0.2) is 0 Å². The lowest BCUT2D eigenvalue weighted by atomic mass is 10.1. The SMILES string of the molecule is Cc1ccc(-c2nc3ccc(F)cc3n2C)cc1O. The molecule has 0 unspecified atom stereocenters. The summed E-state index contributed by atoms with van der Waals surface area (Å²) in [6, 6.07) is 9.91. The van der Waals surface area contributed by atoms with Crippen LogP contribution in [0.1, 0.15) is 5.56 Å². The van der Waals surface area contributed by atoms with Crippen LogP contribution in [-0.4, -0.2) is 14.7 Å². The number of nitrogens with zero attached hydrogens (tertiary/aromatic N) is 2. The molecule has 0 spiro atoms. The van der Waals surface area contributed by atoms with E-state index >= 15 is 0 Å². The van der Waals surface area contributed by atoms with Crippen LogP contribution in [0.2, 0.25) is 0 Å². The van der Waals surface area contributed by atoms with Crippen LogP contribution in [0.25, 0.3) is 22.4 Å². The van der Waals surface area contributed by atoms with Crippen molar-refractivity contribution in [3.05, 3.63) is 47.8 Å². The molecule has 0 radical (unpaired) electrons. The third-order valence-corrected chi connectivity index (χ3v) is 3.31. The van der Waals surface area contributed by atoms with E-state index in [2.05, 4.69) is 4.98 Å². The van der Waals surface area contributed by atoms with Crippen molar-refractivity contribution < 1.29 is 9.50 Å². The molecule has 19 heavy (non-hydrogen) atoms. The number of aryl methyl sites for hydroxylation is 2. The first-order valence-corrected chi connectivity index (χ1v) is 5.98. The molecule has 0 saturated heterocycles. The molecule has 1 heterocycles. The second kappa shape index (κ2) is 4.09. The highest BCUT2D eigenvalue weighted by molar-refractivity contribution is 5.80. The average Bonchev–Trinajstić information content (AvgIpc) is 2.70. The summed E-state index contributed by atoms with van der Waals surface area (Å²) in [5.41, 5.74) is 3.09. The van der Waals surface area contributed by atoms with Crippen LogP contribution in [0.3, 0.4) is 0 Å². The quantitative estimate of drug-likeness (QED) is 0.724. The summed E-state index contributed by atoms with van der Waals surface area (Å²) in [6.45, 7) is 1.84. The van der Waals surface area contributed by atoms with Crippen molar-refractivity contribution in [2.45, 2.75) is 6.92 Å². The van der Waals surface area contributed by atoms with Gasteiger partial charge in [0.05, 0.1) is 11.0 Å². The van der Waals surface area contributed by atoms with Gasteiger partial charge in [-0.2, -0.15) is 0 Å². The maximum absolute atomic E-state index is 13.3. The van der Waals surface area contributed by atoms with Gasteiger partial charge in [0, 0.05) is 12.6 Å². The van der Waals surface area contributed by atoms with E-state index in [4.69, 9.17) is 0 Å². The summed E-state index contributed by atoms with van der Waals surface area (Å²) >= 11 is 0. The molecule has 96 valence electrons. The zero-order valence-electron chi connectivity index (χ0n) is 10.7. The first kappa shape index (κ1) is 11.7. The standard InChI is InChI=1S/C15H13FN2O/c1-9-3-4-10(7-14(9)19)15-17-12-6-5-11(16)8-13(12)18(15)2/h3-8,19H,1-2H3. The second-order valence-corrected chi connectivity index (χ2v) is 4.63. The number of benzene rings is 2. The maximum atomic E-state index is 13.3. The van der Waals surface area contributed by atoms with Gasteiger partial charge in [0.25, 0.3) is 0 Å². The number of imidazole rings is 1. The number of phenolic OH excluding ortho intramolecular Hbond substituents is 1. The number of aromatic nitrogens is 2. The van der Waals surface area contributed by atoms with E-state index < -0.39 is 0 Å². The Kier molecular flexibility index (Phi) is 2.52. The molecule has 0 saturated carbocycles. The van der Waals surface area contributed by atoms with E-state index in [-0.39, 0.29) is 11.6 Å². The number of rotatable bonds is 1. The predicted octanol–water partition coefficient (Wildman–Crippen LogP) is 3.39. The van der Waals surface area contributed by atoms with Gasteiger partial charge in [-0.1, -0.05) is 12.1 Å². The topological polar surface area (TPSA) is 38.0 Å². The molecule has 0 fully saturated rings. The van der Waals surface area contributed by atoms with Crippen molar-refractivity contribution in [2.75, 3.05) is 0 Å². The number of halogens is 1. The number of hydrogen-bond donors (Lipinski definition) is 1. The van der Waals surface area contributed by atoms with Gasteiger partial charge in [-0.05, 0) is 36.8 Å². The Morgan fingerprint density at radius 2 is 1.95 bits per heavy atom. The van der Waals surface area contributed by atoms with Gasteiger partial charge in [0.2, 0.25) is 0 Å². The summed E-state index contributed by atoms with van der Waals surface area (Å²) in [5, 5.41) is 9.77. The van der Waals surface area contributed by atoms with Gasteiger partial charge in [-0.25, -0.2) is 9.37 Å². The van der Waals surface area contributed by atoms with Crippen molar-refractivity contribution in [1.29, 1.82) is 0 Å². The largest absolute Gasteiger partial charge is 0.508 e. The lowest BCUT2D eigenvalue weighted by Crippen LogP contribution is -1.92. The summed E-state index contributed by atoms with van der Waals surface area (Å²) in [6.07, 6.45) is 0. The normalized spacial score (nSPS) is 11.1. The van der Waals surface area contributed by atoms with Gasteiger partial charge in [-0.3, -0.25) is 0 Å². The summed E-state index contributed by atoms with van der Waals surface area (Å²) in [4.78, 5) is 4.48. The Hall–Kier alpha value is -2.36. The second-order valence-electron chi connectivity index (χ2n) is 4.63. The molecule has 1 N–H and O–H groups in total. The lowest BCUT2D eigenvalue weighted by Gasteiger charge is -2.04. The van der Waals surface area contributed by atoms with Crippen molar-refractivity contribution in [1.82, 2.24) is 9.55 Å². The Labute approximate surface area is 109 Å². The molecule has 0 aliphatic rings. The smallest absolute Gasteiger partial charge is 0.140 e. The molecule has 3 rings (SSSR count). The molecule has 0 bridgehead atoms. The molecule has 0 atom stereocenters. The minimum absolute atomic E-state index is 0.232. The Morgan fingerprint density at radius 3 is 2.68 bits per heavy atom. The van der Waals surface area contributed by atoms with Gasteiger partial charge in [-0.15, -0.1) is 0 Å². The molecule has 3 aromatic rings. The van der Waals surface area contributed by atoms with Gasteiger partial charge in [0.1, 0.15) is 17.4 Å². The monoisotopic (exact) mass is 256 g/mol. The molecule has 3 nitrogen and oxygen atoms in total. The molecule has 0 aliphatic carbocycles. The number of hydrogen-bond acceptors (Lipinski definition) is 2. The van der Waals surface area contributed by atoms with Gasteiger partial charge < -0.3 is 9.67 Å². The van der Waals surface area contributed by atoms with Crippen LogP contribution in [0, 0.1) is 12.7 Å². The van der Waals surface area contributed by atoms with Crippen LogP contribution in [-0.2, 0) is 7.05 Å². The third-order valence-electron chi connectivity index (χ3n) is 3.31. The zero-order chi connectivity index (χ0) is 13.6. The fraction of sp³-hybridized carbons (Fsp3) is 0.133. The number of fused-ring (bicyclic) bond motifs is 1. The summed E-state index contributed by atoms with van der Waals surface area (Å²) in [5.74, 6) is 0.653. The average molecular weight is 256 g/mol. The first-order valence-electron chi connectivity index (χ1n) is 5.98. The Morgan fingerprint density at radius 1 is 1.16 bits per heavy atom. The van der Waals surface area contributed by atoms with Crippen molar-refractivity contribution in [2.24, 2.45) is 7.05 Å². The molecular weight excluding hydrogens is 243 g/mol. The molecule has 0 aliphatic heterocycles. The molecule has 0 amide bonds. The van der Waals surface area contributed by atoms with Crippen LogP contribution >= 0.6 is 0 Å². The van der Waals surface area contributed by atoms with Crippen LogP contribution in [0.5, 0.6) is 5.75 Å². The fourth-order valence-corrected chi connectivity index (χ4v) is 2.17. The fourth-order valence-electron chi connectivity index (χ4n) is 2.17. The minimum Gasteiger partial charge on any atom is -0.508 e. The highest BCUT2D eigenvalue weighted by Crippen LogP contribution is 2.28. The summed E-state index contributed by atoms with van der Waals surface area (Å²) < 4.78 is 15.1. The third kappa shape index (κ3) is 1.85. The highest BCUT2D eigenvalue weighted by atomic mass is 19.1. The number of phenols is 1. The van der Waals surface area contributed by atoms with E-state index in [0.717, 1.165) is 22.2 Å². The lowest BCUT2D eigenvalue weighted by molar-refractivity contribution is 0.471. The molecular formula is C15H13FN2O. The Bertz CT molecular complexity index is 777. The van der Waals surface area contributed by atoms with Crippen molar-refractivity contribution in [3.8, 4) is 17.1 Å². The predicted molar refractivity (Wildman–Crippen MR) is 72.5 cm³/mol. The van der Waals surface area contributed by atoms with Crippen LogP contribution < -0.4 is 0 Å². The van der Waals surface area contributed by atoms with E-state index in [1.807, 2.05) is 30.7 Å². The van der Waals surface area contributed by atoms with Crippen LogP contribution in [0.15, 0.2) is 36.4 Å². The zero-order valence-corrected chi connectivity index (χ0v) is 10.7. The highest BCUT2D eigenvalue weighted by Gasteiger charge is 2.11. The molecule has 4 heteroatoms. The first-order chi connectivity index (χ1) is 9.06. The van der Waals surface area contributed by atoms with E-state index in [0.29, 0.717) is 5.82 Å². The number of aromatic hydroxyl groups is 1. The summed E-state index contributed by atoms with van der Waals surface area (Å²) in [7, 11) is 1.83. The Balaban J connectivity index is 2.24. The van der Waals surface area contributed by atoms with Crippen LogP contribution in [0.4, 0.5) is 4.39 Å². The molecule has 2 aromatic carbocycles. The van der Waals surface area contributed by atoms with Crippen molar-refractivity contribution in [3.63, 3.8) is 0 Å².